The molecular formula is C20H27N5O4S. The summed E-state index contributed by atoms with van der Waals surface area (Å²) in [5.41, 5.74) is 0.675. The van der Waals surface area contributed by atoms with E-state index in [4.69, 9.17) is 14.2 Å². The molecule has 0 spiro atoms. The molecule has 1 fully saturated rings. The molecule has 1 aromatic carbocycles. The average molecular weight is 434 g/mol. The maximum Gasteiger partial charge on any atom is 0.237 e. The second-order valence-electron chi connectivity index (χ2n) is 7.70. The van der Waals surface area contributed by atoms with Crippen molar-refractivity contribution >= 4 is 29.3 Å². The van der Waals surface area contributed by atoms with Crippen LogP contribution < -0.4 is 19.7 Å². The van der Waals surface area contributed by atoms with Gasteiger partial charge >= 0.3 is 0 Å². The molecule has 1 atom stereocenters. The van der Waals surface area contributed by atoms with Crippen molar-refractivity contribution in [3.05, 3.63) is 18.2 Å². The van der Waals surface area contributed by atoms with Crippen LogP contribution in [-0.2, 0) is 16.1 Å². The maximum absolute atomic E-state index is 12.8. The smallest absolute Gasteiger partial charge is 0.237 e. The molecule has 1 aromatic heterocycles. The molecule has 3 heterocycles. The standard InChI is InChI=1S/C20H27N5O4S/c1-13(2)11-25-19(24-6-8-27-9-7-24)22-23-20(25)30-14(3)18(26)21-15-4-5-16-17(10-15)29-12-28-16/h4-5,10,13-14H,6-9,11-12H2,1-3H3,(H,21,26). The van der Waals surface area contributed by atoms with Crippen molar-refractivity contribution < 1.29 is 19.0 Å². The van der Waals surface area contributed by atoms with E-state index in [1.54, 1.807) is 18.2 Å². The van der Waals surface area contributed by atoms with E-state index in [1.807, 2.05) is 6.92 Å². The summed E-state index contributed by atoms with van der Waals surface area (Å²) in [5, 5.41) is 12.2. The molecule has 4 rings (SSSR count). The van der Waals surface area contributed by atoms with Crippen LogP contribution in [0, 0.1) is 5.92 Å². The van der Waals surface area contributed by atoms with E-state index in [0.29, 0.717) is 36.3 Å². The molecule has 0 bridgehead atoms. The van der Waals surface area contributed by atoms with Crippen molar-refractivity contribution in [2.45, 2.75) is 37.7 Å². The van der Waals surface area contributed by atoms with Crippen LogP contribution in [0.2, 0.25) is 0 Å². The van der Waals surface area contributed by atoms with Crippen LogP contribution in [0.15, 0.2) is 23.4 Å². The molecule has 2 aromatic rings. The second-order valence-corrected chi connectivity index (χ2v) is 9.01. The van der Waals surface area contributed by atoms with Gasteiger partial charge in [-0.25, -0.2) is 0 Å². The molecule has 9 nitrogen and oxygen atoms in total. The zero-order valence-electron chi connectivity index (χ0n) is 17.5. The lowest BCUT2D eigenvalue weighted by molar-refractivity contribution is -0.115. The third-order valence-electron chi connectivity index (χ3n) is 4.83. The number of ether oxygens (including phenoxy) is 3. The van der Waals surface area contributed by atoms with Crippen LogP contribution >= 0.6 is 11.8 Å². The fraction of sp³-hybridized carbons (Fsp3) is 0.550. The second kappa shape index (κ2) is 9.13. The third-order valence-corrected chi connectivity index (χ3v) is 5.91. The SMILES string of the molecule is CC(C)Cn1c(SC(C)C(=O)Nc2ccc3c(c2)OCO3)nnc1N1CCOCC1. The number of anilines is 2. The van der Waals surface area contributed by atoms with Gasteiger partial charge in [-0.2, -0.15) is 0 Å². The summed E-state index contributed by atoms with van der Waals surface area (Å²) >= 11 is 1.41. The minimum absolute atomic E-state index is 0.106. The Morgan fingerprint density at radius 1 is 1.17 bits per heavy atom. The van der Waals surface area contributed by atoms with Crippen LogP contribution in [0.1, 0.15) is 20.8 Å². The van der Waals surface area contributed by atoms with Crippen LogP contribution in [0.25, 0.3) is 0 Å². The molecule has 162 valence electrons. The summed E-state index contributed by atoms with van der Waals surface area (Å²) < 4.78 is 18.3. The summed E-state index contributed by atoms with van der Waals surface area (Å²) in [6.07, 6.45) is 0. The number of nitrogens with zero attached hydrogens (tertiary/aromatic N) is 4. The molecule has 1 saturated heterocycles. The van der Waals surface area contributed by atoms with E-state index < -0.39 is 0 Å². The van der Waals surface area contributed by atoms with E-state index in [0.717, 1.165) is 30.7 Å². The number of carbonyl (C=O) groups is 1. The molecule has 2 aliphatic heterocycles. The highest BCUT2D eigenvalue weighted by atomic mass is 32.2. The average Bonchev–Trinajstić information content (AvgIpc) is 3.35. The highest BCUT2D eigenvalue weighted by Gasteiger charge is 2.24. The number of hydrogen-bond acceptors (Lipinski definition) is 8. The van der Waals surface area contributed by atoms with E-state index in [1.165, 1.54) is 11.8 Å². The molecule has 0 saturated carbocycles. The molecular weight excluding hydrogens is 406 g/mol. The maximum atomic E-state index is 12.8. The number of benzene rings is 1. The minimum atomic E-state index is -0.344. The largest absolute Gasteiger partial charge is 0.454 e. The zero-order valence-corrected chi connectivity index (χ0v) is 18.3. The number of fused-ring (bicyclic) bond motifs is 1. The molecule has 1 amide bonds. The van der Waals surface area contributed by atoms with Gasteiger partial charge in [-0.3, -0.25) is 9.36 Å². The predicted molar refractivity (Wildman–Crippen MR) is 114 cm³/mol. The van der Waals surface area contributed by atoms with Gasteiger partial charge in [0, 0.05) is 31.4 Å². The molecule has 10 heteroatoms. The Hall–Kier alpha value is -2.46. The van der Waals surface area contributed by atoms with Crippen molar-refractivity contribution in [2.75, 3.05) is 43.3 Å². The number of carbonyl (C=O) groups excluding carboxylic acids is 1. The van der Waals surface area contributed by atoms with E-state index in [2.05, 4.69) is 38.8 Å². The molecule has 0 radical (unpaired) electrons. The van der Waals surface area contributed by atoms with Gasteiger partial charge in [0.05, 0.1) is 18.5 Å². The Morgan fingerprint density at radius 3 is 2.70 bits per heavy atom. The fourth-order valence-electron chi connectivity index (χ4n) is 3.32. The van der Waals surface area contributed by atoms with Crippen molar-refractivity contribution in [2.24, 2.45) is 5.92 Å². The fourth-order valence-corrected chi connectivity index (χ4v) is 4.17. The molecule has 1 N–H and O–H groups in total. The van der Waals surface area contributed by atoms with Gasteiger partial charge < -0.3 is 24.4 Å². The van der Waals surface area contributed by atoms with Gasteiger partial charge in [-0.1, -0.05) is 25.6 Å². The first-order valence-corrected chi connectivity index (χ1v) is 11.0. The normalized spacial score (nSPS) is 16.7. The van der Waals surface area contributed by atoms with E-state index in [9.17, 15) is 4.79 Å². The lowest BCUT2D eigenvalue weighted by atomic mass is 10.2. The van der Waals surface area contributed by atoms with Crippen LogP contribution in [0.4, 0.5) is 11.6 Å². The number of nitrogens with one attached hydrogen (secondary N) is 1. The Morgan fingerprint density at radius 2 is 1.93 bits per heavy atom. The topological polar surface area (TPSA) is 90.7 Å². The van der Waals surface area contributed by atoms with Crippen LogP contribution in [-0.4, -0.2) is 59.0 Å². The first-order valence-electron chi connectivity index (χ1n) is 10.1. The Balaban J connectivity index is 1.45. The highest BCUT2D eigenvalue weighted by Crippen LogP contribution is 2.34. The van der Waals surface area contributed by atoms with Crippen molar-refractivity contribution in [3.63, 3.8) is 0 Å². The summed E-state index contributed by atoms with van der Waals surface area (Å²) in [5.74, 6) is 2.49. The minimum Gasteiger partial charge on any atom is -0.454 e. The van der Waals surface area contributed by atoms with E-state index >= 15 is 0 Å². The van der Waals surface area contributed by atoms with Crippen molar-refractivity contribution in [1.82, 2.24) is 14.8 Å². The predicted octanol–water partition coefficient (Wildman–Crippen LogP) is 2.62. The lowest BCUT2D eigenvalue weighted by Crippen LogP contribution is -2.38. The summed E-state index contributed by atoms with van der Waals surface area (Å²) in [6, 6.07) is 5.37. The Bertz CT molecular complexity index is 897. The van der Waals surface area contributed by atoms with Gasteiger partial charge in [-0.05, 0) is 25.0 Å². The summed E-state index contributed by atoms with van der Waals surface area (Å²) in [4.78, 5) is 15.0. The van der Waals surface area contributed by atoms with Gasteiger partial charge in [0.25, 0.3) is 0 Å². The number of hydrogen-bond donors (Lipinski definition) is 1. The third kappa shape index (κ3) is 4.65. The van der Waals surface area contributed by atoms with Crippen LogP contribution in [0.5, 0.6) is 11.5 Å². The number of aromatic nitrogens is 3. The number of rotatable bonds is 7. The van der Waals surface area contributed by atoms with Gasteiger partial charge in [-0.15, -0.1) is 10.2 Å². The summed E-state index contributed by atoms with van der Waals surface area (Å²) in [7, 11) is 0. The summed E-state index contributed by atoms with van der Waals surface area (Å²) in [6.45, 7) is 10.1. The van der Waals surface area contributed by atoms with Gasteiger partial charge in [0.2, 0.25) is 18.6 Å². The Kier molecular flexibility index (Phi) is 6.33. The molecule has 2 aliphatic rings. The molecule has 30 heavy (non-hydrogen) atoms. The van der Waals surface area contributed by atoms with Crippen molar-refractivity contribution in [3.8, 4) is 11.5 Å². The highest BCUT2D eigenvalue weighted by molar-refractivity contribution is 8.00. The van der Waals surface area contributed by atoms with E-state index in [-0.39, 0.29) is 18.0 Å². The number of morpholine rings is 1. The zero-order chi connectivity index (χ0) is 21.1. The first kappa shape index (κ1) is 20.8. The monoisotopic (exact) mass is 433 g/mol. The molecule has 1 unspecified atom stereocenters. The van der Waals surface area contributed by atoms with Crippen LogP contribution in [0.3, 0.4) is 0 Å². The first-order chi connectivity index (χ1) is 14.5. The van der Waals surface area contributed by atoms with Gasteiger partial charge in [0.15, 0.2) is 16.7 Å². The Labute approximate surface area is 180 Å². The van der Waals surface area contributed by atoms with Gasteiger partial charge in [0.1, 0.15) is 0 Å². The lowest BCUT2D eigenvalue weighted by Gasteiger charge is -2.28. The quantitative estimate of drug-likeness (QED) is 0.667. The molecule has 0 aliphatic carbocycles. The van der Waals surface area contributed by atoms with Crippen molar-refractivity contribution in [1.29, 1.82) is 0 Å². The number of thioether (sulfide) groups is 1. The number of amides is 1.